The third-order valence-electron chi connectivity index (χ3n) is 6.60. The average Bonchev–Trinajstić information content (AvgIpc) is 3.06. The lowest BCUT2D eigenvalue weighted by molar-refractivity contribution is 0.0378. The number of ether oxygens (including phenoxy) is 1. The molecule has 1 N–H and O–H groups in total. The number of fused-ring (bicyclic) bond motifs is 1. The van der Waals surface area contributed by atoms with E-state index in [1.165, 1.54) is 5.56 Å². The topological polar surface area (TPSA) is 68.9 Å². The highest BCUT2D eigenvalue weighted by atomic mass is 16.6. The standard InChI is InChI=1S/C23H32N4O3/c1-4-30-23(29)26-12-10-25(11-13-26)19-6-5-9-27(15-19)22(28)18-7-8-21-20(14-18)16(2)17(3)24-21/h7-8,14,19,24H,4-6,9-13,15H2,1-3H3/t19-/m0/s1. The minimum Gasteiger partial charge on any atom is -0.450 e. The zero-order valence-corrected chi connectivity index (χ0v) is 18.2. The number of aromatic amines is 1. The summed E-state index contributed by atoms with van der Waals surface area (Å²) in [6.45, 7) is 11.0. The summed E-state index contributed by atoms with van der Waals surface area (Å²) in [5.74, 6) is 0.116. The number of carbonyl (C=O) groups excluding carboxylic acids is 2. The highest BCUT2D eigenvalue weighted by Gasteiger charge is 2.31. The molecule has 7 heteroatoms. The van der Waals surface area contributed by atoms with Gasteiger partial charge in [0.15, 0.2) is 0 Å². The van der Waals surface area contributed by atoms with E-state index >= 15 is 0 Å². The molecule has 0 saturated carbocycles. The van der Waals surface area contributed by atoms with Crippen molar-refractivity contribution in [3.05, 3.63) is 35.0 Å². The van der Waals surface area contributed by atoms with E-state index in [4.69, 9.17) is 4.74 Å². The number of nitrogens with one attached hydrogen (secondary N) is 1. The Labute approximate surface area is 178 Å². The van der Waals surface area contributed by atoms with Gasteiger partial charge >= 0.3 is 6.09 Å². The first-order valence-corrected chi connectivity index (χ1v) is 11.0. The highest BCUT2D eigenvalue weighted by Crippen LogP contribution is 2.25. The van der Waals surface area contributed by atoms with Crippen molar-refractivity contribution in [2.24, 2.45) is 0 Å². The molecular formula is C23H32N4O3. The maximum atomic E-state index is 13.2. The Kier molecular flexibility index (Phi) is 5.99. The largest absolute Gasteiger partial charge is 0.450 e. The van der Waals surface area contributed by atoms with Gasteiger partial charge in [-0.25, -0.2) is 4.79 Å². The summed E-state index contributed by atoms with van der Waals surface area (Å²) in [4.78, 5) is 34.7. The molecule has 1 atom stereocenters. The van der Waals surface area contributed by atoms with Crippen LogP contribution in [0, 0.1) is 13.8 Å². The fourth-order valence-corrected chi connectivity index (χ4v) is 4.70. The number of piperidine rings is 1. The molecular weight excluding hydrogens is 380 g/mol. The van der Waals surface area contributed by atoms with Crippen LogP contribution in [0.4, 0.5) is 4.79 Å². The molecule has 2 aliphatic rings. The molecule has 162 valence electrons. The Morgan fingerprint density at radius 2 is 1.87 bits per heavy atom. The van der Waals surface area contributed by atoms with Crippen molar-refractivity contribution in [1.29, 1.82) is 0 Å². The van der Waals surface area contributed by atoms with Crippen LogP contribution >= 0.6 is 0 Å². The maximum absolute atomic E-state index is 13.2. The Morgan fingerprint density at radius 3 is 2.60 bits per heavy atom. The van der Waals surface area contributed by atoms with Crippen molar-refractivity contribution >= 4 is 22.9 Å². The van der Waals surface area contributed by atoms with Gasteiger partial charge in [-0.15, -0.1) is 0 Å². The summed E-state index contributed by atoms with van der Waals surface area (Å²) in [5, 5.41) is 1.13. The summed E-state index contributed by atoms with van der Waals surface area (Å²) in [5.41, 5.74) is 4.19. The number of rotatable bonds is 3. The number of carbonyl (C=O) groups is 2. The van der Waals surface area contributed by atoms with Crippen LogP contribution in [0.1, 0.15) is 41.4 Å². The monoisotopic (exact) mass is 412 g/mol. The van der Waals surface area contributed by atoms with Gasteiger partial charge in [0.1, 0.15) is 0 Å². The van der Waals surface area contributed by atoms with E-state index < -0.39 is 0 Å². The molecule has 2 fully saturated rings. The zero-order valence-electron chi connectivity index (χ0n) is 18.2. The van der Waals surface area contributed by atoms with Gasteiger partial charge in [-0.1, -0.05) is 0 Å². The molecule has 7 nitrogen and oxygen atoms in total. The number of hydrogen-bond acceptors (Lipinski definition) is 4. The minimum atomic E-state index is -0.219. The number of nitrogens with zero attached hydrogens (tertiary/aromatic N) is 3. The molecule has 2 saturated heterocycles. The van der Waals surface area contributed by atoms with Crippen molar-refractivity contribution in [2.75, 3.05) is 45.9 Å². The summed E-state index contributed by atoms with van der Waals surface area (Å²) in [6.07, 6.45) is 1.89. The molecule has 2 aliphatic heterocycles. The van der Waals surface area contributed by atoms with Crippen molar-refractivity contribution < 1.29 is 14.3 Å². The van der Waals surface area contributed by atoms with Crippen LogP contribution in [-0.2, 0) is 4.74 Å². The second-order valence-electron chi connectivity index (χ2n) is 8.40. The summed E-state index contributed by atoms with van der Waals surface area (Å²) in [7, 11) is 0. The van der Waals surface area contributed by atoms with Gasteiger partial charge in [-0.3, -0.25) is 9.69 Å². The number of H-pyrrole nitrogens is 1. The molecule has 0 aliphatic carbocycles. The number of benzene rings is 1. The minimum absolute atomic E-state index is 0.116. The molecule has 0 spiro atoms. The van der Waals surface area contributed by atoms with E-state index in [0.29, 0.717) is 25.7 Å². The van der Waals surface area contributed by atoms with Crippen LogP contribution in [0.15, 0.2) is 18.2 Å². The number of amides is 2. The van der Waals surface area contributed by atoms with Gasteiger partial charge in [0.25, 0.3) is 5.91 Å². The fraction of sp³-hybridized carbons (Fsp3) is 0.565. The first-order valence-electron chi connectivity index (χ1n) is 11.0. The quantitative estimate of drug-likeness (QED) is 0.841. The van der Waals surface area contributed by atoms with Crippen LogP contribution in [0.25, 0.3) is 10.9 Å². The smallest absolute Gasteiger partial charge is 0.409 e. The number of aromatic nitrogens is 1. The Balaban J connectivity index is 1.40. The molecule has 0 radical (unpaired) electrons. The third kappa shape index (κ3) is 4.03. The van der Waals surface area contributed by atoms with E-state index in [1.54, 1.807) is 4.90 Å². The normalized spacial score (nSPS) is 20.6. The molecule has 2 aromatic rings. The maximum Gasteiger partial charge on any atom is 0.409 e. The number of piperazine rings is 1. The van der Waals surface area contributed by atoms with Crippen LogP contribution in [-0.4, -0.2) is 83.6 Å². The molecule has 4 rings (SSSR count). The van der Waals surface area contributed by atoms with Crippen molar-refractivity contribution in [2.45, 2.75) is 39.7 Å². The van der Waals surface area contributed by atoms with Gasteiger partial charge in [0.2, 0.25) is 0 Å². The lowest BCUT2D eigenvalue weighted by Crippen LogP contribution is -2.56. The Bertz CT molecular complexity index is 930. The van der Waals surface area contributed by atoms with Gasteiger partial charge in [0.05, 0.1) is 6.61 Å². The SMILES string of the molecule is CCOC(=O)N1CCN([C@H]2CCCN(C(=O)c3ccc4[nH]c(C)c(C)c4c3)C2)CC1. The van der Waals surface area contributed by atoms with E-state index in [2.05, 4.69) is 23.7 Å². The first-order chi connectivity index (χ1) is 14.5. The molecule has 0 bridgehead atoms. The number of aryl methyl sites for hydroxylation is 2. The van der Waals surface area contributed by atoms with Crippen molar-refractivity contribution in [3.8, 4) is 0 Å². The molecule has 1 aromatic carbocycles. The summed E-state index contributed by atoms with van der Waals surface area (Å²) >= 11 is 0. The number of hydrogen-bond donors (Lipinski definition) is 1. The second-order valence-corrected chi connectivity index (χ2v) is 8.40. The van der Waals surface area contributed by atoms with Gasteiger partial charge in [0, 0.05) is 67.5 Å². The van der Waals surface area contributed by atoms with E-state index in [1.807, 2.05) is 30.0 Å². The Morgan fingerprint density at radius 1 is 1.10 bits per heavy atom. The van der Waals surface area contributed by atoms with Gasteiger partial charge in [-0.05, 0) is 57.4 Å². The fourth-order valence-electron chi connectivity index (χ4n) is 4.70. The predicted molar refractivity (Wildman–Crippen MR) is 117 cm³/mol. The molecule has 30 heavy (non-hydrogen) atoms. The molecule has 2 amide bonds. The van der Waals surface area contributed by atoms with Crippen LogP contribution in [0.2, 0.25) is 0 Å². The Hall–Kier alpha value is -2.54. The molecule has 3 heterocycles. The number of likely N-dealkylation sites (tertiary alicyclic amines) is 1. The predicted octanol–water partition coefficient (Wildman–Crippen LogP) is 3.16. The summed E-state index contributed by atoms with van der Waals surface area (Å²) in [6, 6.07) is 6.32. The van der Waals surface area contributed by atoms with Gasteiger partial charge < -0.3 is 19.5 Å². The van der Waals surface area contributed by atoms with Crippen molar-refractivity contribution in [1.82, 2.24) is 19.7 Å². The summed E-state index contributed by atoms with van der Waals surface area (Å²) < 4.78 is 5.11. The van der Waals surface area contributed by atoms with E-state index in [-0.39, 0.29) is 12.0 Å². The lowest BCUT2D eigenvalue weighted by atomic mass is 10.0. The van der Waals surface area contributed by atoms with Gasteiger partial charge in [-0.2, -0.15) is 0 Å². The van der Waals surface area contributed by atoms with E-state index in [9.17, 15) is 9.59 Å². The molecule has 0 unspecified atom stereocenters. The molecule has 1 aromatic heterocycles. The van der Waals surface area contributed by atoms with Crippen LogP contribution in [0.5, 0.6) is 0 Å². The zero-order chi connectivity index (χ0) is 21.3. The lowest BCUT2D eigenvalue weighted by Gasteiger charge is -2.43. The van der Waals surface area contributed by atoms with Crippen LogP contribution < -0.4 is 0 Å². The highest BCUT2D eigenvalue weighted by molar-refractivity contribution is 5.99. The van der Waals surface area contributed by atoms with Crippen molar-refractivity contribution in [3.63, 3.8) is 0 Å². The first kappa shape index (κ1) is 20.7. The van der Waals surface area contributed by atoms with Crippen LogP contribution in [0.3, 0.4) is 0 Å². The average molecular weight is 413 g/mol. The van der Waals surface area contributed by atoms with E-state index in [0.717, 1.165) is 61.2 Å². The second kappa shape index (κ2) is 8.68. The third-order valence-corrected chi connectivity index (χ3v) is 6.60.